The summed E-state index contributed by atoms with van der Waals surface area (Å²) in [6.45, 7) is 2.30. The van der Waals surface area contributed by atoms with Crippen LogP contribution >= 0.6 is 11.3 Å². The lowest BCUT2D eigenvalue weighted by Gasteiger charge is -1.96. The van der Waals surface area contributed by atoms with Crippen LogP contribution in [0.15, 0.2) is 24.3 Å². The summed E-state index contributed by atoms with van der Waals surface area (Å²) in [6, 6.07) is 8.33. The summed E-state index contributed by atoms with van der Waals surface area (Å²) in [6.07, 6.45) is 1.000. The number of aryl methyl sites for hydroxylation is 1. The van der Waals surface area contributed by atoms with E-state index in [0.29, 0.717) is 0 Å². The largest absolute Gasteiger partial charge is 0.391 e. The zero-order valence-electron chi connectivity index (χ0n) is 7.58. The zero-order valence-corrected chi connectivity index (χ0v) is 8.40. The topological polar surface area (TPSA) is 20.2 Å². The SMILES string of the molecule is CCc1c(CO)sc2ccccc12. The minimum Gasteiger partial charge on any atom is -0.391 e. The van der Waals surface area contributed by atoms with Crippen LogP contribution in [0.4, 0.5) is 0 Å². The van der Waals surface area contributed by atoms with Crippen molar-refractivity contribution in [2.24, 2.45) is 0 Å². The van der Waals surface area contributed by atoms with E-state index in [9.17, 15) is 0 Å². The van der Waals surface area contributed by atoms with Gasteiger partial charge in [0, 0.05) is 9.58 Å². The Labute approximate surface area is 81.6 Å². The summed E-state index contributed by atoms with van der Waals surface area (Å²) in [5, 5.41) is 10.5. The fourth-order valence-electron chi connectivity index (χ4n) is 1.66. The zero-order chi connectivity index (χ0) is 9.26. The van der Waals surface area contributed by atoms with E-state index in [0.717, 1.165) is 11.3 Å². The van der Waals surface area contributed by atoms with E-state index in [2.05, 4.69) is 25.1 Å². The van der Waals surface area contributed by atoms with E-state index < -0.39 is 0 Å². The Kier molecular flexibility index (Phi) is 2.34. The van der Waals surface area contributed by atoms with Crippen LogP contribution in [0.25, 0.3) is 10.1 Å². The van der Waals surface area contributed by atoms with Gasteiger partial charge in [-0.25, -0.2) is 0 Å². The van der Waals surface area contributed by atoms with Crippen molar-refractivity contribution < 1.29 is 5.11 Å². The van der Waals surface area contributed by atoms with Crippen molar-refractivity contribution in [3.8, 4) is 0 Å². The van der Waals surface area contributed by atoms with Crippen molar-refractivity contribution in [3.05, 3.63) is 34.7 Å². The van der Waals surface area contributed by atoms with Crippen molar-refractivity contribution in [3.63, 3.8) is 0 Å². The molecule has 0 amide bonds. The highest BCUT2D eigenvalue weighted by Gasteiger charge is 2.08. The molecule has 2 heteroatoms. The molecular formula is C11H12OS. The van der Waals surface area contributed by atoms with Crippen molar-refractivity contribution in [2.75, 3.05) is 0 Å². The van der Waals surface area contributed by atoms with Gasteiger partial charge in [0.25, 0.3) is 0 Å². The van der Waals surface area contributed by atoms with Crippen LogP contribution in [0, 0.1) is 0 Å². The Morgan fingerprint density at radius 3 is 2.77 bits per heavy atom. The predicted molar refractivity (Wildman–Crippen MR) is 57.1 cm³/mol. The summed E-state index contributed by atoms with van der Waals surface area (Å²) >= 11 is 1.70. The Hall–Kier alpha value is -0.860. The number of rotatable bonds is 2. The Bertz CT molecular complexity index is 417. The summed E-state index contributed by atoms with van der Waals surface area (Å²) < 4.78 is 1.28. The van der Waals surface area contributed by atoms with E-state index in [4.69, 9.17) is 5.11 Å². The first kappa shape index (κ1) is 8.73. The molecule has 0 unspecified atom stereocenters. The fraction of sp³-hybridized carbons (Fsp3) is 0.273. The van der Waals surface area contributed by atoms with Crippen LogP contribution in [-0.2, 0) is 13.0 Å². The number of aliphatic hydroxyl groups excluding tert-OH is 1. The highest BCUT2D eigenvalue weighted by atomic mass is 32.1. The monoisotopic (exact) mass is 192 g/mol. The van der Waals surface area contributed by atoms with Gasteiger partial charge in [0.05, 0.1) is 6.61 Å². The average molecular weight is 192 g/mol. The molecule has 1 aromatic heterocycles. The molecule has 0 spiro atoms. The first-order valence-corrected chi connectivity index (χ1v) is 5.28. The molecule has 2 rings (SSSR count). The predicted octanol–water partition coefficient (Wildman–Crippen LogP) is 2.96. The van der Waals surface area contributed by atoms with Gasteiger partial charge in [-0.3, -0.25) is 0 Å². The quantitative estimate of drug-likeness (QED) is 0.775. The molecule has 0 atom stereocenters. The number of fused-ring (bicyclic) bond motifs is 1. The molecule has 0 aliphatic rings. The Morgan fingerprint density at radius 2 is 2.08 bits per heavy atom. The summed E-state index contributed by atoms with van der Waals surface area (Å²) in [7, 11) is 0. The first-order chi connectivity index (χ1) is 6.36. The molecular weight excluding hydrogens is 180 g/mol. The van der Waals surface area contributed by atoms with E-state index in [1.165, 1.54) is 15.6 Å². The van der Waals surface area contributed by atoms with Gasteiger partial charge >= 0.3 is 0 Å². The minimum atomic E-state index is 0.169. The second-order valence-electron chi connectivity index (χ2n) is 3.01. The van der Waals surface area contributed by atoms with E-state index in [1.54, 1.807) is 11.3 Å². The Morgan fingerprint density at radius 1 is 1.31 bits per heavy atom. The highest BCUT2D eigenvalue weighted by molar-refractivity contribution is 7.19. The minimum absolute atomic E-state index is 0.169. The second kappa shape index (κ2) is 3.48. The van der Waals surface area contributed by atoms with E-state index in [-0.39, 0.29) is 6.61 Å². The van der Waals surface area contributed by atoms with Crippen molar-refractivity contribution in [2.45, 2.75) is 20.0 Å². The summed E-state index contributed by atoms with van der Waals surface area (Å²) in [5.74, 6) is 0. The third-order valence-electron chi connectivity index (χ3n) is 2.28. The van der Waals surface area contributed by atoms with Gasteiger partial charge in [0.1, 0.15) is 0 Å². The van der Waals surface area contributed by atoms with Crippen LogP contribution in [-0.4, -0.2) is 5.11 Å². The third-order valence-corrected chi connectivity index (χ3v) is 3.48. The third kappa shape index (κ3) is 1.36. The number of hydrogen-bond donors (Lipinski definition) is 1. The second-order valence-corrected chi connectivity index (χ2v) is 4.15. The van der Waals surface area contributed by atoms with Crippen LogP contribution in [0.5, 0.6) is 0 Å². The lowest BCUT2D eigenvalue weighted by atomic mass is 10.1. The van der Waals surface area contributed by atoms with Gasteiger partial charge in [-0.1, -0.05) is 25.1 Å². The van der Waals surface area contributed by atoms with Crippen LogP contribution in [0.3, 0.4) is 0 Å². The molecule has 0 saturated heterocycles. The van der Waals surface area contributed by atoms with Crippen molar-refractivity contribution in [1.82, 2.24) is 0 Å². The normalized spacial score (nSPS) is 10.9. The van der Waals surface area contributed by atoms with Crippen molar-refractivity contribution in [1.29, 1.82) is 0 Å². The standard InChI is InChI=1S/C11H12OS/c1-2-8-9-5-3-4-6-10(9)13-11(8)7-12/h3-6,12H,2,7H2,1H3. The average Bonchev–Trinajstić information content (AvgIpc) is 2.55. The molecule has 0 fully saturated rings. The molecule has 1 heterocycles. The molecule has 0 saturated carbocycles. The van der Waals surface area contributed by atoms with Gasteiger partial charge in [0.2, 0.25) is 0 Å². The summed E-state index contributed by atoms with van der Waals surface area (Å²) in [4.78, 5) is 1.11. The van der Waals surface area contributed by atoms with Gasteiger partial charge in [-0.2, -0.15) is 0 Å². The first-order valence-electron chi connectivity index (χ1n) is 4.47. The molecule has 13 heavy (non-hydrogen) atoms. The smallest absolute Gasteiger partial charge is 0.0777 e. The van der Waals surface area contributed by atoms with Crippen molar-refractivity contribution >= 4 is 21.4 Å². The molecule has 0 aliphatic heterocycles. The van der Waals surface area contributed by atoms with Crippen LogP contribution < -0.4 is 0 Å². The number of hydrogen-bond acceptors (Lipinski definition) is 2. The van der Waals surface area contributed by atoms with E-state index >= 15 is 0 Å². The van der Waals surface area contributed by atoms with Gasteiger partial charge < -0.3 is 5.11 Å². The fourth-order valence-corrected chi connectivity index (χ4v) is 2.82. The summed E-state index contributed by atoms with van der Waals surface area (Å²) in [5.41, 5.74) is 1.31. The van der Waals surface area contributed by atoms with Crippen LogP contribution in [0.2, 0.25) is 0 Å². The molecule has 1 N–H and O–H groups in total. The molecule has 68 valence electrons. The molecule has 0 radical (unpaired) electrons. The molecule has 1 aromatic carbocycles. The van der Waals surface area contributed by atoms with E-state index in [1.807, 2.05) is 6.07 Å². The highest BCUT2D eigenvalue weighted by Crippen LogP contribution is 2.31. The number of thiophene rings is 1. The maximum Gasteiger partial charge on any atom is 0.0777 e. The van der Waals surface area contributed by atoms with Gasteiger partial charge in [-0.15, -0.1) is 11.3 Å². The molecule has 1 nitrogen and oxygen atoms in total. The molecule has 2 aromatic rings. The maximum absolute atomic E-state index is 9.16. The lowest BCUT2D eigenvalue weighted by molar-refractivity contribution is 0.284. The number of aliphatic hydroxyl groups is 1. The lowest BCUT2D eigenvalue weighted by Crippen LogP contribution is -1.84. The van der Waals surface area contributed by atoms with Crippen LogP contribution in [0.1, 0.15) is 17.4 Å². The maximum atomic E-state index is 9.16. The molecule has 0 aliphatic carbocycles. The molecule has 0 bridgehead atoms. The Balaban J connectivity index is 2.73. The number of benzene rings is 1. The van der Waals surface area contributed by atoms with Gasteiger partial charge in [-0.05, 0) is 23.4 Å². The van der Waals surface area contributed by atoms with Gasteiger partial charge in [0.15, 0.2) is 0 Å².